The SMILES string of the molecule is Cn1c(SCC(=O)N2N=C(c3cc4ccccc4o3)CC2c2ccco2)nnc1-c1cccs1. The van der Waals surface area contributed by atoms with Crippen molar-refractivity contribution >= 4 is 45.7 Å². The van der Waals surface area contributed by atoms with E-state index >= 15 is 0 Å². The van der Waals surface area contributed by atoms with Crippen LogP contribution in [0.4, 0.5) is 0 Å². The van der Waals surface area contributed by atoms with Gasteiger partial charge in [-0.1, -0.05) is 36.0 Å². The van der Waals surface area contributed by atoms with Gasteiger partial charge < -0.3 is 13.4 Å². The first kappa shape index (κ1) is 20.9. The maximum absolute atomic E-state index is 13.3. The van der Waals surface area contributed by atoms with Gasteiger partial charge >= 0.3 is 0 Å². The first-order chi connectivity index (χ1) is 16.7. The number of rotatable bonds is 6. The Bertz CT molecular complexity index is 1450. The summed E-state index contributed by atoms with van der Waals surface area (Å²) < 4.78 is 13.5. The van der Waals surface area contributed by atoms with Crippen molar-refractivity contribution in [3.05, 3.63) is 77.8 Å². The van der Waals surface area contributed by atoms with Gasteiger partial charge in [0.2, 0.25) is 0 Å². The Morgan fingerprint density at radius 2 is 2.09 bits per heavy atom. The predicted molar refractivity (Wildman–Crippen MR) is 131 cm³/mol. The zero-order valence-electron chi connectivity index (χ0n) is 18.1. The average Bonchev–Trinajstić information content (AvgIpc) is 3.65. The molecule has 1 unspecified atom stereocenters. The highest BCUT2D eigenvalue weighted by molar-refractivity contribution is 7.99. The lowest BCUT2D eigenvalue weighted by Crippen LogP contribution is -2.28. The molecule has 1 atom stereocenters. The van der Waals surface area contributed by atoms with Gasteiger partial charge in [0, 0.05) is 18.9 Å². The highest BCUT2D eigenvalue weighted by Crippen LogP contribution is 2.35. The maximum atomic E-state index is 13.3. The van der Waals surface area contributed by atoms with Gasteiger partial charge in [-0.3, -0.25) is 4.79 Å². The number of furan rings is 2. The molecule has 0 fully saturated rings. The monoisotopic (exact) mass is 489 g/mol. The second-order valence-electron chi connectivity index (χ2n) is 7.80. The molecule has 5 heterocycles. The number of carbonyl (C=O) groups is 1. The van der Waals surface area contributed by atoms with Gasteiger partial charge in [-0.05, 0) is 35.7 Å². The van der Waals surface area contributed by atoms with E-state index in [2.05, 4.69) is 15.3 Å². The minimum Gasteiger partial charge on any atom is -0.467 e. The normalized spacial score (nSPS) is 15.9. The first-order valence-electron chi connectivity index (χ1n) is 10.7. The Labute approximate surface area is 202 Å². The van der Waals surface area contributed by atoms with E-state index in [-0.39, 0.29) is 17.7 Å². The summed E-state index contributed by atoms with van der Waals surface area (Å²) in [4.78, 5) is 14.3. The molecule has 6 rings (SSSR count). The highest BCUT2D eigenvalue weighted by atomic mass is 32.2. The molecule has 10 heteroatoms. The third-order valence-corrected chi connectivity index (χ3v) is 7.52. The third-order valence-electron chi connectivity index (χ3n) is 5.65. The van der Waals surface area contributed by atoms with Crippen LogP contribution in [0.5, 0.6) is 0 Å². The van der Waals surface area contributed by atoms with E-state index in [4.69, 9.17) is 8.83 Å². The molecule has 4 aromatic heterocycles. The van der Waals surface area contributed by atoms with Crippen LogP contribution in [0.15, 0.2) is 85.3 Å². The number of fused-ring (bicyclic) bond motifs is 1. The number of amides is 1. The molecule has 0 N–H and O–H groups in total. The number of carbonyl (C=O) groups excluding carboxylic acids is 1. The van der Waals surface area contributed by atoms with E-state index in [1.807, 2.05) is 71.6 Å². The van der Waals surface area contributed by atoms with Crippen molar-refractivity contribution in [1.82, 2.24) is 19.8 Å². The number of thiophene rings is 1. The second kappa shape index (κ2) is 8.62. The number of hydrazone groups is 1. The van der Waals surface area contributed by atoms with Crippen molar-refractivity contribution in [1.29, 1.82) is 0 Å². The molecule has 0 bridgehead atoms. The van der Waals surface area contributed by atoms with Crippen LogP contribution in [0.2, 0.25) is 0 Å². The van der Waals surface area contributed by atoms with Crippen LogP contribution in [0.3, 0.4) is 0 Å². The van der Waals surface area contributed by atoms with Crippen molar-refractivity contribution in [2.24, 2.45) is 12.1 Å². The fourth-order valence-corrected chi connectivity index (χ4v) is 5.48. The molecule has 0 spiro atoms. The largest absolute Gasteiger partial charge is 0.467 e. The zero-order valence-corrected chi connectivity index (χ0v) is 19.8. The van der Waals surface area contributed by atoms with Crippen molar-refractivity contribution in [3.8, 4) is 10.7 Å². The number of nitrogens with zero attached hydrogens (tertiary/aromatic N) is 5. The van der Waals surface area contributed by atoms with Gasteiger partial charge in [0.1, 0.15) is 23.1 Å². The summed E-state index contributed by atoms with van der Waals surface area (Å²) in [5, 5.41) is 18.4. The Balaban J connectivity index is 1.24. The minimum atomic E-state index is -0.326. The fraction of sp³-hybridized carbons (Fsp3) is 0.167. The molecule has 0 saturated heterocycles. The van der Waals surface area contributed by atoms with Crippen LogP contribution in [-0.2, 0) is 11.8 Å². The van der Waals surface area contributed by atoms with Crippen molar-refractivity contribution < 1.29 is 13.6 Å². The molecule has 0 radical (unpaired) electrons. The molecule has 34 heavy (non-hydrogen) atoms. The number of hydrogen-bond acceptors (Lipinski definition) is 8. The van der Waals surface area contributed by atoms with Crippen LogP contribution in [0.25, 0.3) is 21.7 Å². The van der Waals surface area contributed by atoms with Crippen LogP contribution in [-0.4, -0.2) is 37.1 Å². The predicted octanol–water partition coefficient (Wildman–Crippen LogP) is 5.35. The molecule has 1 amide bonds. The van der Waals surface area contributed by atoms with Crippen LogP contribution in [0.1, 0.15) is 24.0 Å². The molecule has 5 aromatic rings. The smallest absolute Gasteiger partial charge is 0.253 e. The molecule has 1 aliphatic rings. The van der Waals surface area contributed by atoms with Crippen LogP contribution in [0, 0.1) is 0 Å². The van der Waals surface area contributed by atoms with Gasteiger partial charge in [0.05, 0.1) is 16.9 Å². The third kappa shape index (κ3) is 3.74. The summed E-state index contributed by atoms with van der Waals surface area (Å²) in [6.45, 7) is 0. The Morgan fingerprint density at radius 1 is 1.18 bits per heavy atom. The number of para-hydroxylation sites is 1. The summed E-state index contributed by atoms with van der Waals surface area (Å²) in [5.74, 6) is 2.16. The van der Waals surface area contributed by atoms with E-state index in [1.54, 1.807) is 17.6 Å². The zero-order chi connectivity index (χ0) is 23.1. The van der Waals surface area contributed by atoms with E-state index in [0.717, 1.165) is 27.4 Å². The molecule has 8 nitrogen and oxygen atoms in total. The number of thioether (sulfide) groups is 1. The molecular weight excluding hydrogens is 470 g/mol. The summed E-state index contributed by atoms with van der Waals surface area (Å²) in [5.41, 5.74) is 1.51. The number of aromatic nitrogens is 3. The van der Waals surface area contributed by atoms with E-state index in [9.17, 15) is 4.79 Å². The Hall–Kier alpha value is -3.63. The quantitative estimate of drug-likeness (QED) is 0.299. The molecule has 1 aromatic carbocycles. The van der Waals surface area contributed by atoms with E-state index in [1.165, 1.54) is 16.8 Å². The summed E-state index contributed by atoms with van der Waals surface area (Å²) in [6, 6.07) is 17.1. The summed E-state index contributed by atoms with van der Waals surface area (Å²) in [6.07, 6.45) is 2.12. The first-order valence-corrected chi connectivity index (χ1v) is 12.5. The van der Waals surface area contributed by atoms with Crippen molar-refractivity contribution in [3.63, 3.8) is 0 Å². The highest BCUT2D eigenvalue weighted by Gasteiger charge is 2.36. The molecule has 170 valence electrons. The number of benzene rings is 1. The summed E-state index contributed by atoms with van der Waals surface area (Å²) >= 11 is 2.94. The lowest BCUT2D eigenvalue weighted by atomic mass is 10.1. The molecule has 1 aliphatic heterocycles. The maximum Gasteiger partial charge on any atom is 0.253 e. The molecular formula is C24H19N5O3S2. The van der Waals surface area contributed by atoms with Gasteiger partial charge in [-0.15, -0.1) is 21.5 Å². The van der Waals surface area contributed by atoms with Crippen molar-refractivity contribution in [2.45, 2.75) is 17.6 Å². The second-order valence-corrected chi connectivity index (χ2v) is 9.69. The minimum absolute atomic E-state index is 0.141. The van der Waals surface area contributed by atoms with E-state index < -0.39 is 0 Å². The topological polar surface area (TPSA) is 89.7 Å². The Kier molecular flexibility index (Phi) is 5.31. The van der Waals surface area contributed by atoms with Crippen LogP contribution < -0.4 is 0 Å². The Morgan fingerprint density at radius 3 is 2.88 bits per heavy atom. The van der Waals surface area contributed by atoms with Crippen LogP contribution >= 0.6 is 23.1 Å². The van der Waals surface area contributed by atoms with Gasteiger partial charge in [0.25, 0.3) is 5.91 Å². The van der Waals surface area contributed by atoms with Gasteiger partial charge in [-0.25, -0.2) is 5.01 Å². The lowest BCUT2D eigenvalue weighted by molar-refractivity contribution is -0.130. The summed E-state index contributed by atoms with van der Waals surface area (Å²) in [7, 11) is 1.90. The standard InChI is InChI=1S/C24H19N5O3S2/c1-28-23(21-9-5-11-33-21)25-26-24(28)34-14-22(30)29-17(19-8-4-10-31-19)13-16(27-29)20-12-15-6-2-3-7-18(15)32-20/h2-12,17H,13-14H2,1H3. The van der Waals surface area contributed by atoms with Crippen molar-refractivity contribution in [2.75, 3.05) is 5.75 Å². The van der Waals surface area contributed by atoms with E-state index in [0.29, 0.717) is 23.1 Å². The van der Waals surface area contributed by atoms with Gasteiger partial charge in [0.15, 0.2) is 16.7 Å². The molecule has 0 saturated carbocycles. The molecule has 0 aliphatic carbocycles. The number of hydrogen-bond donors (Lipinski definition) is 0. The van der Waals surface area contributed by atoms with Gasteiger partial charge in [-0.2, -0.15) is 5.10 Å². The average molecular weight is 490 g/mol. The fourth-order valence-electron chi connectivity index (χ4n) is 3.97. The lowest BCUT2D eigenvalue weighted by Gasteiger charge is -2.19.